The first-order chi connectivity index (χ1) is 3.93. The van der Waals surface area contributed by atoms with E-state index in [1.165, 1.54) is 22.4 Å². The fourth-order valence-corrected chi connectivity index (χ4v) is 3.64. The Labute approximate surface area is 59.6 Å². The average molecular weight is 199 g/mol. The predicted octanol–water partition coefficient (Wildman–Crippen LogP) is 2.87. The fourth-order valence-electron chi connectivity index (χ4n) is 1.21. The number of hydrogen-bond acceptors (Lipinski definition) is 0. The first-order valence-corrected chi connectivity index (χ1v) is 5.71. The van der Waals surface area contributed by atoms with Crippen molar-refractivity contribution in [2.24, 2.45) is 0 Å². The molecule has 8 heavy (non-hydrogen) atoms. The molecule has 50 valence electrons. The van der Waals surface area contributed by atoms with Gasteiger partial charge in [-0.15, -0.1) is 0 Å². The average Bonchev–Trinajstić information content (AvgIpc) is 2.19. The first-order valence-electron chi connectivity index (χ1n) is 3.48. The van der Waals surface area contributed by atoms with Gasteiger partial charge in [-0.1, -0.05) is 0 Å². The standard InChI is InChI=1S/C5H9.C2H5.Ru/c1-2-4-5-3-1;1-2;/h1H,2-5H2;1H2,2H3;. The molecule has 0 radical (unpaired) electrons. The molecule has 0 aromatic rings. The van der Waals surface area contributed by atoms with Crippen molar-refractivity contribution in [3.63, 3.8) is 0 Å². The molecule has 0 unspecified atom stereocenters. The Morgan fingerprint density at radius 2 is 2.00 bits per heavy atom. The minimum atomic E-state index is 0.781. The van der Waals surface area contributed by atoms with Crippen LogP contribution in [0.4, 0.5) is 0 Å². The van der Waals surface area contributed by atoms with Gasteiger partial charge in [0.15, 0.2) is 0 Å². The Bertz CT molecular complexity index is 55.4. The summed E-state index contributed by atoms with van der Waals surface area (Å²) in [5.41, 5.74) is 0. The van der Waals surface area contributed by atoms with Crippen LogP contribution < -0.4 is 0 Å². The molecule has 0 aromatic heterocycles. The van der Waals surface area contributed by atoms with Crippen LogP contribution in [0.3, 0.4) is 0 Å². The molecule has 1 heteroatoms. The van der Waals surface area contributed by atoms with Gasteiger partial charge in [-0.2, -0.15) is 0 Å². The van der Waals surface area contributed by atoms with E-state index in [4.69, 9.17) is 0 Å². The summed E-state index contributed by atoms with van der Waals surface area (Å²) in [6.07, 6.45) is 6.18. The molecule has 1 rings (SSSR count). The van der Waals surface area contributed by atoms with Crippen molar-refractivity contribution >= 4 is 0 Å². The van der Waals surface area contributed by atoms with E-state index in [-0.39, 0.29) is 0 Å². The van der Waals surface area contributed by atoms with Crippen LogP contribution in [0, 0.1) is 0 Å². The summed E-state index contributed by atoms with van der Waals surface area (Å²) >= 11 is 0.781. The van der Waals surface area contributed by atoms with Crippen LogP contribution in [0.1, 0.15) is 32.6 Å². The third kappa shape index (κ3) is 1.86. The normalized spacial score (nSPS) is 22.6. The van der Waals surface area contributed by atoms with Crippen molar-refractivity contribution in [1.82, 2.24) is 0 Å². The quantitative estimate of drug-likeness (QED) is 0.600. The van der Waals surface area contributed by atoms with E-state index in [0.717, 1.165) is 17.1 Å². The fraction of sp³-hybridized carbons (Fsp3) is 1.00. The Morgan fingerprint density at radius 3 is 2.50 bits per heavy atom. The third-order valence-corrected chi connectivity index (χ3v) is 4.34. The van der Waals surface area contributed by atoms with E-state index in [9.17, 15) is 0 Å². The molecule has 0 heterocycles. The Morgan fingerprint density at radius 1 is 1.38 bits per heavy atom. The molecule has 1 saturated carbocycles. The van der Waals surface area contributed by atoms with Crippen LogP contribution >= 0.6 is 0 Å². The zero-order valence-corrected chi connectivity index (χ0v) is 7.20. The molecule has 0 spiro atoms. The van der Waals surface area contributed by atoms with Gasteiger partial charge in [-0.25, -0.2) is 0 Å². The van der Waals surface area contributed by atoms with E-state index in [2.05, 4.69) is 6.92 Å². The van der Waals surface area contributed by atoms with Gasteiger partial charge in [0, 0.05) is 0 Å². The third-order valence-electron chi connectivity index (χ3n) is 1.62. The Kier molecular flexibility index (Phi) is 3.04. The van der Waals surface area contributed by atoms with Crippen molar-refractivity contribution < 1.29 is 17.1 Å². The maximum atomic E-state index is 2.33. The second-order valence-corrected chi connectivity index (χ2v) is 5.61. The molecule has 1 aliphatic carbocycles. The molecule has 1 aliphatic rings. The van der Waals surface area contributed by atoms with E-state index in [0.29, 0.717) is 0 Å². The van der Waals surface area contributed by atoms with Gasteiger partial charge in [0.05, 0.1) is 0 Å². The molecular formula is C7H14Ru. The van der Waals surface area contributed by atoms with Crippen molar-refractivity contribution in [2.75, 3.05) is 0 Å². The number of rotatable bonds is 2. The van der Waals surface area contributed by atoms with E-state index >= 15 is 0 Å². The van der Waals surface area contributed by atoms with E-state index in [1.54, 1.807) is 12.8 Å². The molecule has 1 fully saturated rings. The summed E-state index contributed by atoms with van der Waals surface area (Å²) in [6.45, 7) is 2.33. The second-order valence-electron chi connectivity index (χ2n) is 2.26. The monoisotopic (exact) mass is 200 g/mol. The maximum absolute atomic E-state index is 2.33. The summed E-state index contributed by atoms with van der Waals surface area (Å²) in [4.78, 5) is 0. The summed E-state index contributed by atoms with van der Waals surface area (Å²) in [5.74, 6) is 0. The van der Waals surface area contributed by atoms with Gasteiger partial charge in [-0.05, 0) is 0 Å². The van der Waals surface area contributed by atoms with Gasteiger partial charge in [0.25, 0.3) is 0 Å². The van der Waals surface area contributed by atoms with Crippen molar-refractivity contribution in [3.8, 4) is 0 Å². The Hall–Kier alpha value is 0.623. The Balaban J connectivity index is 2.06. The zero-order chi connectivity index (χ0) is 5.82. The van der Waals surface area contributed by atoms with Crippen LogP contribution in [0.2, 0.25) is 9.53 Å². The predicted molar refractivity (Wildman–Crippen MR) is 32.7 cm³/mol. The van der Waals surface area contributed by atoms with Gasteiger partial charge < -0.3 is 0 Å². The molecule has 0 saturated heterocycles. The topological polar surface area (TPSA) is 0 Å². The van der Waals surface area contributed by atoms with Gasteiger partial charge >= 0.3 is 59.3 Å². The summed E-state index contributed by atoms with van der Waals surface area (Å²) in [6, 6.07) is 0. The second kappa shape index (κ2) is 3.61. The number of hydrogen-bond donors (Lipinski definition) is 0. The van der Waals surface area contributed by atoms with Crippen LogP contribution in [0.15, 0.2) is 0 Å². The van der Waals surface area contributed by atoms with E-state index in [1.807, 2.05) is 0 Å². The molecule has 0 aliphatic heterocycles. The summed E-state index contributed by atoms with van der Waals surface area (Å²) in [5, 5.41) is 1.48. The molecule has 0 N–H and O–H groups in total. The van der Waals surface area contributed by atoms with Crippen molar-refractivity contribution in [1.29, 1.82) is 0 Å². The molecule has 0 amide bonds. The molecule has 0 atom stereocenters. The van der Waals surface area contributed by atoms with Crippen molar-refractivity contribution in [2.45, 2.75) is 42.1 Å². The summed E-state index contributed by atoms with van der Waals surface area (Å²) < 4.78 is 1.20. The molecule has 0 aromatic carbocycles. The van der Waals surface area contributed by atoms with Crippen LogP contribution in [0.25, 0.3) is 0 Å². The SMILES string of the molecule is C[CH2][Ru][CH]1CCCC1. The minimum absolute atomic E-state index is 0.781. The van der Waals surface area contributed by atoms with E-state index < -0.39 is 0 Å². The molecule has 0 nitrogen and oxygen atoms in total. The summed E-state index contributed by atoms with van der Waals surface area (Å²) in [7, 11) is 0. The van der Waals surface area contributed by atoms with Crippen LogP contribution in [0.5, 0.6) is 0 Å². The van der Waals surface area contributed by atoms with Gasteiger partial charge in [-0.3, -0.25) is 0 Å². The van der Waals surface area contributed by atoms with Crippen molar-refractivity contribution in [3.05, 3.63) is 0 Å². The van der Waals surface area contributed by atoms with Crippen LogP contribution in [-0.4, -0.2) is 0 Å². The van der Waals surface area contributed by atoms with Crippen LogP contribution in [-0.2, 0) is 17.1 Å². The zero-order valence-electron chi connectivity index (χ0n) is 5.47. The molecule has 0 bridgehead atoms. The first kappa shape index (κ1) is 6.74. The molecular weight excluding hydrogens is 185 g/mol. The van der Waals surface area contributed by atoms with Gasteiger partial charge in [0.1, 0.15) is 0 Å². The van der Waals surface area contributed by atoms with Gasteiger partial charge in [0.2, 0.25) is 0 Å².